The molecule has 8 nitrogen and oxygen atoms in total. The summed E-state index contributed by atoms with van der Waals surface area (Å²) in [5.41, 5.74) is 5.61. The summed E-state index contributed by atoms with van der Waals surface area (Å²) in [6, 6.07) is 17.9. The molecule has 0 aliphatic carbocycles. The Morgan fingerprint density at radius 1 is 1.00 bits per heavy atom. The largest absolute Gasteiger partial charge is 0.381 e. The molecule has 1 fully saturated rings. The minimum absolute atomic E-state index is 0.00776. The molecule has 1 saturated heterocycles. The summed E-state index contributed by atoms with van der Waals surface area (Å²) in [7, 11) is -1.53. The van der Waals surface area contributed by atoms with Crippen molar-refractivity contribution in [3.8, 4) is 11.3 Å². The molecule has 9 heteroatoms. The van der Waals surface area contributed by atoms with Gasteiger partial charge < -0.3 is 9.30 Å². The van der Waals surface area contributed by atoms with Crippen molar-refractivity contribution in [2.45, 2.75) is 23.8 Å². The van der Waals surface area contributed by atoms with Crippen LogP contribution in [-0.4, -0.2) is 52.4 Å². The Hall–Kier alpha value is -3.56. The van der Waals surface area contributed by atoms with Gasteiger partial charge in [0.05, 0.1) is 39.4 Å². The molecule has 1 aliphatic rings. The van der Waals surface area contributed by atoms with E-state index in [9.17, 15) is 8.42 Å². The number of pyridine rings is 1. The number of rotatable bonds is 5. The number of sulfone groups is 1. The van der Waals surface area contributed by atoms with Crippen molar-refractivity contribution >= 4 is 31.8 Å². The number of ether oxygens (including phenoxy) is 1. The minimum Gasteiger partial charge on any atom is -0.381 e. The van der Waals surface area contributed by atoms with Crippen molar-refractivity contribution in [3.05, 3.63) is 72.6 Å². The van der Waals surface area contributed by atoms with Crippen LogP contribution in [0.5, 0.6) is 0 Å². The summed E-state index contributed by atoms with van der Waals surface area (Å²) in [5, 5.41) is 9.05. The van der Waals surface area contributed by atoms with Gasteiger partial charge >= 0.3 is 0 Å². The number of hydrogen-bond donors (Lipinski definition) is 0. The lowest BCUT2D eigenvalue weighted by atomic mass is 9.86. The maximum atomic E-state index is 12.5. The molecule has 184 valence electrons. The van der Waals surface area contributed by atoms with Gasteiger partial charge in [-0.15, -0.1) is 5.10 Å². The normalized spacial score (nSPS) is 16.1. The van der Waals surface area contributed by atoms with Gasteiger partial charge in [-0.2, -0.15) is 0 Å². The third-order valence-electron chi connectivity index (χ3n) is 7.18. The van der Waals surface area contributed by atoms with Gasteiger partial charge in [0.25, 0.3) is 0 Å². The molecule has 1 atom stereocenters. The zero-order chi connectivity index (χ0) is 24.9. The lowest BCUT2D eigenvalue weighted by Gasteiger charge is -2.33. The molecule has 4 heterocycles. The van der Waals surface area contributed by atoms with Gasteiger partial charge in [-0.25, -0.2) is 13.1 Å². The number of aryl methyl sites for hydroxylation is 1. The molecule has 0 unspecified atom stereocenters. The summed E-state index contributed by atoms with van der Waals surface area (Å²) in [5.74, 6) is 0.323. The standard InChI is InChI=1S/C27H27N5O3S/c1-31-25(17-29-30-31)20-14-24-26(28-16-20)22-9-8-21(36(2,33)34)15-23(22)32(24)27(18-6-4-3-5-7-18)19-10-12-35-13-11-19/h3-9,14-17,19,27H,10-13H2,1-2H3/t27-/m1/s1. The summed E-state index contributed by atoms with van der Waals surface area (Å²) in [6.07, 6.45) is 6.66. The van der Waals surface area contributed by atoms with Gasteiger partial charge in [0.1, 0.15) is 0 Å². The van der Waals surface area contributed by atoms with Crippen LogP contribution < -0.4 is 0 Å². The van der Waals surface area contributed by atoms with Gasteiger partial charge in [-0.1, -0.05) is 35.5 Å². The Kier molecular flexibility index (Phi) is 5.61. The zero-order valence-electron chi connectivity index (χ0n) is 20.2. The lowest BCUT2D eigenvalue weighted by molar-refractivity contribution is 0.0553. The molecular formula is C27H27N5O3S. The van der Waals surface area contributed by atoms with E-state index < -0.39 is 9.84 Å². The van der Waals surface area contributed by atoms with E-state index in [0.717, 1.165) is 46.0 Å². The number of benzene rings is 2. The molecule has 3 aromatic heterocycles. The third kappa shape index (κ3) is 3.88. The van der Waals surface area contributed by atoms with Gasteiger partial charge in [-0.05, 0) is 48.6 Å². The molecule has 5 aromatic rings. The van der Waals surface area contributed by atoms with E-state index in [2.05, 4.69) is 45.2 Å². The topological polar surface area (TPSA) is 91.9 Å². The van der Waals surface area contributed by atoms with Crippen LogP contribution >= 0.6 is 0 Å². The highest BCUT2D eigenvalue weighted by Gasteiger charge is 2.30. The molecule has 0 saturated carbocycles. The first kappa shape index (κ1) is 22.9. The maximum Gasteiger partial charge on any atom is 0.175 e. The first-order valence-corrected chi connectivity index (χ1v) is 13.9. The number of hydrogen-bond acceptors (Lipinski definition) is 6. The predicted molar refractivity (Wildman–Crippen MR) is 138 cm³/mol. The number of aromatic nitrogens is 5. The molecule has 1 aliphatic heterocycles. The van der Waals surface area contributed by atoms with Crippen LogP contribution in [0, 0.1) is 5.92 Å². The molecule has 6 rings (SSSR count). The SMILES string of the molecule is Cn1nncc1-c1cnc2c3ccc(S(C)(=O)=O)cc3n([C@H](c3ccccc3)C3CCOCC3)c2c1. The fourth-order valence-electron chi connectivity index (χ4n) is 5.42. The fraction of sp³-hybridized carbons (Fsp3) is 0.296. The molecule has 0 bridgehead atoms. The highest BCUT2D eigenvalue weighted by molar-refractivity contribution is 7.90. The van der Waals surface area contributed by atoms with Gasteiger partial charge in [0.15, 0.2) is 9.84 Å². The molecule has 0 N–H and O–H groups in total. The average molecular weight is 502 g/mol. The summed E-state index contributed by atoms with van der Waals surface area (Å²) < 4.78 is 34.8. The number of fused-ring (bicyclic) bond motifs is 3. The van der Waals surface area contributed by atoms with Crippen LogP contribution in [0.3, 0.4) is 0 Å². The second-order valence-electron chi connectivity index (χ2n) is 9.46. The van der Waals surface area contributed by atoms with Gasteiger partial charge in [0.2, 0.25) is 0 Å². The molecule has 36 heavy (non-hydrogen) atoms. The van der Waals surface area contributed by atoms with Crippen molar-refractivity contribution in [1.82, 2.24) is 24.5 Å². The summed E-state index contributed by atoms with van der Waals surface area (Å²) in [4.78, 5) is 5.18. The Bertz CT molecular complexity index is 1670. The van der Waals surface area contributed by atoms with Crippen molar-refractivity contribution in [3.63, 3.8) is 0 Å². The quantitative estimate of drug-likeness (QED) is 0.354. The van der Waals surface area contributed by atoms with Crippen LogP contribution in [0.25, 0.3) is 33.2 Å². The van der Waals surface area contributed by atoms with Gasteiger partial charge in [-0.3, -0.25) is 4.98 Å². The van der Waals surface area contributed by atoms with Crippen LogP contribution in [0.2, 0.25) is 0 Å². The first-order chi connectivity index (χ1) is 17.4. The van der Waals surface area contributed by atoms with Crippen LogP contribution in [-0.2, 0) is 21.6 Å². The highest BCUT2D eigenvalue weighted by Crippen LogP contribution is 2.41. The van der Waals surface area contributed by atoms with Crippen LogP contribution in [0.4, 0.5) is 0 Å². The van der Waals surface area contributed by atoms with Gasteiger partial charge in [0, 0.05) is 43.7 Å². The number of nitrogens with zero attached hydrogens (tertiary/aromatic N) is 5. The van der Waals surface area contributed by atoms with E-state index in [1.165, 1.54) is 11.8 Å². The Balaban J connectivity index is 1.70. The minimum atomic E-state index is -3.39. The molecule has 0 amide bonds. The maximum absolute atomic E-state index is 12.5. The lowest BCUT2D eigenvalue weighted by Crippen LogP contribution is -2.27. The summed E-state index contributed by atoms with van der Waals surface area (Å²) in [6.45, 7) is 1.42. The second-order valence-corrected chi connectivity index (χ2v) is 11.5. The second kappa shape index (κ2) is 8.83. The van der Waals surface area contributed by atoms with E-state index in [0.29, 0.717) is 24.0 Å². The molecular weight excluding hydrogens is 474 g/mol. The van der Waals surface area contributed by atoms with Crippen molar-refractivity contribution < 1.29 is 13.2 Å². The van der Waals surface area contributed by atoms with Crippen molar-refractivity contribution in [2.24, 2.45) is 13.0 Å². The Morgan fingerprint density at radius 2 is 1.78 bits per heavy atom. The smallest absolute Gasteiger partial charge is 0.175 e. The average Bonchev–Trinajstić information content (AvgIpc) is 3.46. The van der Waals surface area contributed by atoms with Crippen molar-refractivity contribution in [2.75, 3.05) is 19.5 Å². The van der Waals surface area contributed by atoms with E-state index in [4.69, 9.17) is 9.72 Å². The third-order valence-corrected chi connectivity index (χ3v) is 8.29. The van der Waals surface area contributed by atoms with E-state index in [1.54, 1.807) is 23.0 Å². The highest BCUT2D eigenvalue weighted by atomic mass is 32.2. The van der Waals surface area contributed by atoms with E-state index in [1.807, 2.05) is 25.4 Å². The van der Waals surface area contributed by atoms with E-state index >= 15 is 0 Å². The molecule has 2 aromatic carbocycles. The van der Waals surface area contributed by atoms with E-state index in [-0.39, 0.29) is 6.04 Å². The van der Waals surface area contributed by atoms with Crippen LogP contribution in [0.15, 0.2) is 71.9 Å². The van der Waals surface area contributed by atoms with Crippen LogP contribution in [0.1, 0.15) is 24.4 Å². The zero-order valence-corrected chi connectivity index (χ0v) is 21.0. The van der Waals surface area contributed by atoms with Crippen molar-refractivity contribution in [1.29, 1.82) is 0 Å². The predicted octanol–water partition coefficient (Wildman–Crippen LogP) is 4.40. The molecule has 0 spiro atoms. The molecule has 0 radical (unpaired) electrons. The monoisotopic (exact) mass is 501 g/mol. The fourth-order valence-corrected chi connectivity index (χ4v) is 6.06. The summed E-state index contributed by atoms with van der Waals surface area (Å²) >= 11 is 0. The Morgan fingerprint density at radius 3 is 2.47 bits per heavy atom. The Labute approximate surface area is 209 Å². The first-order valence-electron chi connectivity index (χ1n) is 12.0.